The van der Waals surface area contributed by atoms with Crippen LogP contribution in [0.5, 0.6) is 0 Å². The molecule has 51 heavy (non-hydrogen) atoms. The quantitative estimate of drug-likeness (QED) is 0.175. The van der Waals surface area contributed by atoms with Crippen LogP contribution in [0, 0.1) is 0 Å². The Bertz CT molecular complexity index is 3210. The monoisotopic (exact) mass is 670 g/mol. The summed E-state index contributed by atoms with van der Waals surface area (Å²) in [7, 11) is 0. The molecule has 3 heteroatoms. The average molecular weight is 671 g/mol. The molecular formula is C48H27ClO2. The number of para-hydroxylation sites is 2. The molecule has 0 bridgehead atoms. The Labute approximate surface area is 297 Å². The highest BCUT2D eigenvalue weighted by molar-refractivity contribution is 6.33. The molecular weight excluding hydrogens is 644 g/mol. The van der Waals surface area contributed by atoms with Gasteiger partial charge in [-0.15, -0.1) is 0 Å². The van der Waals surface area contributed by atoms with Crippen molar-refractivity contribution >= 4 is 87.8 Å². The van der Waals surface area contributed by atoms with Crippen LogP contribution < -0.4 is 0 Å². The lowest BCUT2D eigenvalue weighted by Gasteiger charge is -2.19. The highest BCUT2D eigenvalue weighted by Crippen LogP contribution is 2.47. The Morgan fingerprint density at radius 1 is 0.314 bits per heavy atom. The van der Waals surface area contributed by atoms with Gasteiger partial charge >= 0.3 is 0 Å². The van der Waals surface area contributed by atoms with Crippen molar-refractivity contribution in [2.75, 3.05) is 0 Å². The summed E-state index contributed by atoms with van der Waals surface area (Å²) in [6.07, 6.45) is 0. The lowest BCUT2D eigenvalue weighted by Crippen LogP contribution is -1.92. The van der Waals surface area contributed by atoms with E-state index in [1.54, 1.807) is 0 Å². The minimum Gasteiger partial charge on any atom is -0.456 e. The molecule has 0 aliphatic carbocycles. The Kier molecular flexibility index (Phi) is 6.05. The van der Waals surface area contributed by atoms with E-state index in [1.165, 1.54) is 16.3 Å². The third-order valence-corrected chi connectivity index (χ3v) is 10.7. The van der Waals surface area contributed by atoms with Crippen LogP contribution in [0.1, 0.15) is 0 Å². The van der Waals surface area contributed by atoms with Gasteiger partial charge in [0.2, 0.25) is 0 Å². The van der Waals surface area contributed by atoms with Crippen LogP contribution in [0.15, 0.2) is 173 Å². The fourth-order valence-corrected chi connectivity index (χ4v) is 8.40. The first-order valence-electron chi connectivity index (χ1n) is 17.2. The van der Waals surface area contributed by atoms with E-state index >= 15 is 0 Å². The zero-order chi connectivity index (χ0) is 33.6. The zero-order valence-electron chi connectivity index (χ0n) is 27.3. The number of benzene rings is 9. The average Bonchev–Trinajstić information content (AvgIpc) is 3.74. The Balaban J connectivity index is 1.26. The summed E-state index contributed by atoms with van der Waals surface area (Å²) in [5.41, 5.74) is 10.3. The summed E-state index contributed by atoms with van der Waals surface area (Å²) < 4.78 is 12.8. The predicted molar refractivity (Wildman–Crippen MR) is 215 cm³/mol. The number of furan rings is 2. The molecule has 11 aromatic rings. The molecule has 238 valence electrons. The first-order chi connectivity index (χ1) is 25.2. The summed E-state index contributed by atoms with van der Waals surface area (Å²) in [5.74, 6) is 0. The second-order valence-corrected chi connectivity index (χ2v) is 13.8. The molecule has 0 saturated carbocycles. The van der Waals surface area contributed by atoms with Gasteiger partial charge in [-0.25, -0.2) is 0 Å². The molecule has 0 unspecified atom stereocenters. The SMILES string of the molecule is Clc1ccc2c(-c3ccc4c(c3)oc3ccccc34)c3cc(-c4cccc5ccccc45)ccc3c(-c3ccc4c(c3)oc3ccccc34)c2c1. The molecule has 0 amide bonds. The smallest absolute Gasteiger partial charge is 0.136 e. The molecule has 0 aliphatic heterocycles. The van der Waals surface area contributed by atoms with Crippen molar-refractivity contribution in [3.05, 3.63) is 169 Å². The maximum Gasteiger partial charge on any atom is 0.136 e. The largest absolute Gasteiger partial charge is 0.456 e. The lowest BCUT2D eigenvalue weighted by molar-refractivity contribution is 0.668. The molecule has 11 rings (SSSR count). The zero-order valence-corrected chi connectivity index (χ0v) is 28.0. The highest BCUT2D eigenvalue weighted by atomic mass is 35.5. The molecule has 0 saturated heterocycles. The number of hydrogen-bond donors (Lipinski definition) is 0. The number of fused-ring (bicyclic) bond motifs is 9. The minimum absolute atomic E-state index is 0.693. The molecule has 2 aromatic heterocycles. The van der Waals surface area contributed by atoms with Gasteiger partial charge in [0.25, 0.3) is 0 Å². The van der Waals surface area contributed by atoms with Gasteiger partial charge in [0.05, 0.1) is 0 Å². The first-order valence-corrected chi connectivity index (χ1v) is 17.6. The Morgan fingerprint density at radius 2 is 0.804 bits per heavy atom. The van der Waals surface area contributed by atoms with Crippen LogP contribution in [0.4, 0.5) is 0 Å². The number of halogens is 1. The van der Waals surface area contributed by atoms with Gasteiger partial charge in [0.1, 0.15) is 22.3 Å². The molecule has 0 radical (unpaired) electrons. The summed E-state index contributed by atoms with van der Waals surface area (Å²) in [5, 5.41) is 12.1. The van der Waals surface area contributed by atoms with E-state index < -0.39 is 0 Å². The molecule has 0 spiro atoms. The van der Waals surface area contributed by atoms with Crippen LogP contribution in [0.25, 0.3) is 110 Å². The van der Waals surface area contributed by atoms with Crippen molar-refractivity contribution in [3.8, 4) is 33.4 Å². The van der Waals surface area contributed by atoms with Crippen LogP contribution in [0.2, 0.25) is 5.02 Å². The third-order valence-electron chi connectivity index (χ3n) is 10.5. The van der Waals surface area contributed by atoms with Gasteiger partial charge in [0.15, 0.2) is 0 Å². The molecule has 0 fully saturated rings. The van der Waals surface area contributed by atoms with E-state index in [2.05, 4.69) is 133 Å². The van der Waals surface area contributed by atoms with Gasteiger partial charge in [0, 0.05) is 26.6 Å². The standard InChI is InChI=1S/C48H27ClO2/c49-32-19-23-40-42(27-32)48(31-18-21-38-36-12-4-6-15-44(36)51-46(38)26-31)39-22-16-29(34-13-7-9-28-8-1-2-10-33(28)34)24-41(39)47(40)30-17-20-37-35-11-3-5-14-43(35)50-45(37)25-30/h1-27H. The van der Waals surface area contributed by atoms with Crippen molar-refractivity contribution in [2.45, 2.75) is 0 Å². The lowest BCUT2D eigenvalue weighted by atomic mass is 9.84. The van der Waals surface area contributed by atoms with Gasteiger partial charge in [-0.3, -0.25) is 0 Å². The fraction of sp³-hybridized carbons (Fsp3) is 0. The van der Waals surface area contributed by atoms with E-state index in [4.69, 9.17) is 20.4 Å². The van der Waals surface area contributed by atoms with Crippen molar-refractivity contribution in [1.29, 1.82) is 0 Å². The number of rotatable bonds is 3. The van der Waals surface area contributed by atoms with Crippen molar-refractivity contribution < 1.29 is 8.83 Å². The minimum atomic E-state index is 0.693. The Morgan fingerprint density at radius 3 is 1.47 bits per heavy atom. The Hall–Kier alpha value is -6.35. The summed E-state index contributed by atoms with van der Waals surface area (Å²) in [4.78, 5) is 0. The molecule has 0 atom stereocenters. The van der Waals surface area contributed by atoms with Crippen LogP contribution in [-0.4, -0.2) is 0 Å². The van der Waals surface area contributed by atoms with Gasteiger partial charge < -0.3 is 8.83 Å². The summed E-state index contributed by atoms with van der Waals surface area (Å²) in [6, 6.07) is 58.0. The molecule has 0 aliphatic rings. The van der Waals surface area contributed by atoms with Crippen LogP contribution in [-0.2, 0) is 0 Å². The maximum atomic E-state index is 6.83. The topological polar surface area (TPSA) is 26.3 Å². The third kappa shape index (κ3) is 4.30. The van der Waals surface area contributed by atoms with Crippen LogP contribution in [0.3, 0.4) is 0 Å². The highest BCUT2D eigenvalue weighted by Gasteiger charge is 2.20. The predicted octanol–water partition coefficient (Wildman–Crippen LogP) is 14.6. The molecule has 9 aromatic carbocycles. The van der Waals surface area contributed by atoms with Gasteiger partial charge in [-0.05, 0) is 120 Å². The van der Waals surface area contributed by atoms with E-state index in [1.807, 2.05) is 30.3 Å². The molecule has 2 heterocycles. The summed E-state index contributed by atoms with van der Waals surface area (Å²) >= 11 is 6.83. The van der Waals surface area contributed by atoms with E-state index in [9.17, 15) is 0 Å². The fourth-order valence-electron chi connectivity index (χ4n) is 8.23. The van der Waals surface area contributed by atoms with E-state index in [0.29, 0.717) is 5.02 Å². The van der Waals surface area contributed by atoms with Gasteiger partial charge in [-0.2, -0.15) is 0 Å². The van der Waals surface area contributed by atoms with E-state index in [0.717, 1.165) is 93.2 Å². The van der Waals surface area contributed by atoms with Crippen molar-refractivity contribution in [2.24, 2.45) is 0 Å². The number of hydrogen-bond acceptors (Lipinski definition) is 2. The van der Waals surface area contributed by atoms with Crippen molar-refractivity contribution in [3.63, 3.8) is 0 Å². The molecule has 0 N–H and O–H groups in total. The van der Waals surface area contributed by atoms with Crippen LogP contribution >= 0.6 is 11.6 Å². The van der Waals surface area contributed by atoms with Gasteiger partial charge in [-0.1, -0.05) is 121 Å². The normalized spacial score (nSPS) is 12.0. The summed E-state index contributed by atoms with van der Waals surface area (Å²) in [6.45, 7) is 0. The second kappa shape index (κ2) is 10.8. The molecule has 2 nitrogen and oxygen atoms in total. The van der Waals surface area contributed by atoms with E-state index in [-0.39, 0.29) is 0 Å². The second-order valence-electron chi connectivity index (χ2n) is 13.3. The maximum absolute atomic E-state index is 6.83. The first kappa shape index (κ1) is 28.5. The van der Waals surface area contributed by atoms with Crippen molar-refractivity contribution in [1.82, 2.24) is 0 Å².